The molecule has 70 valence electrons. The molecule has 0 aromatic carbocycles. The molecule has 0 fully saturated rings. The highest BCUT2D eigenvalue weighted by molar-refractivity contribution is 5.75. The molecule has 0 aromatic rings. The van der Waals surface area contributed by atoms with Crippen molar-refractivity contribution in [3.8, 4) is 0 Å². The van der Waals surface area contributed by atoms with Crippen LogP contribution in [0.1, 0.15) is 19.8 Å². The summed E-state index contributed by atoms with van der Waals surface area (Å²) in [5, 5.41) is 11.1. The highest BCUT2D eigenvalue weighted by atomic mass is 16.4. The summed E-state index contributed by atoms with van der Waals surface area (Å²) in [5.41, 5.74) is 4.88. The van der Waals surface area contributed by atoms with Crippen LogP contribution in [0.25, 0.3) is 0 Å². The first-order valence-corrected chi connectivity index (χ1v) is 3.76. The summed E-state index contributed by atoms with van der Waals surface area (Å²) < 4.78 is 0. The topological polar surface area (TPSA) is 92.4 Å². The number of primary amides is 1. The lowest BCUT2D eigenvalue weighted by Crippen LogP contribution is -2.35. The van der Waals surface area contributed by atoms with Crippen LogP contribution in [-0.2, 0) is 9.59 Å². The van der Waals surface area contributed by atoms with Gasteiger partial charge in [-0.15, -0.1) is 0 Å². The van der Waals surface area contributed by atoms with Gasteiger partial charge in [0.1, 0.15) is 0 Å². The third-order valence-electron chi connectivity index (χ3n) is 1.42. The number of aliphatic carboxylic acids is 1. The van der Waals surface area contributed by atoms with Crippen LogP contribution in [0.5, 0.6) is 0 Å². The first-order chi connectivity index (χ1) is 5.52. The number of nitrogens with one attached hydrogen (secondary N) is 1. The van der Waals surface area contributed by atoms with Crippen molar-refractivity contribution >= 4 is 11.9 Å². The summed E-state index contributed by atoms with van der Waals surface area (Å²) in [7, 11) is 0. The zero-order valence-corrected chi connectivity index (χ0v) is 7.04. The number of carbonyl (C=O) groups excluding carboxylic acids is 1. The maximum Gasteiger partial charge on any atom is 0.303 e. The van der Waals surface area contributed by atoms with Crippen LogP contribution in [0.2, 0.25) is 0 Å². The van der Waals surface area contributed by atoms with Gasteiger partial charge in [-0.2, -0.15) is 0 Å². The summed E-state index contributed by atoms with van der Waals surface area (Å²) in [6, 6.07) is 0.00796. The van der Waals surface area contributed by atoms with Gasteiger partial charge < -0.3 is 16.2 Å². The van der Waals surface area contributed by atoms with E-state index in [1.54, 1.807) is 0 Å². The molecule has 0 rings (SSSR count). The molecule has 5 nitrogen and oxygen atoms in total. The predicted molar refractivity (Wildman–Crippen MR) is 43.5 cm³/mol. The number of carbonyl (C=O) groups is 2. The van der Waals surface area contributed by atoms with Crippen LogP contribution in [0.15, 0.2) is 0 Å². The highest BCUT2D eigenvalue weighted by Gasteiger charge is 2.05. The molecular formula is C7H14N2O3. The standard InChI is InChI=1S/C7H14N2O3/c1-5(2-3-7(11)12)9-4-6(8)10/h5,9H,2-4H2,1H3,(H2,8,10)(H,11,12). The number of rotatable bonds is 6. The summed E-state index contributed by atoms with van der Waals surface area (Å²) in [4.78, 5) is 20.4. The van der Waals surface area contributed by atoms with Crippen LogP contribution < -0.4 is 11.1 Å². The smallest absolute Gasteiger partial charge is 0.303 e. The van der Waals surface area contributed by atoms with Crippen molar-refractivity contribution in [2.75, 3.05) is 6.54 Å². The number of amides is 1. The number of nitrogens with two attached hydrogens (primary N) is 1. The molecule has 0 aliphatic rings. The van der Waals surface area contributed by atoms with E-state index >= 15 is 0 Å². The fourth-order valence-corrected chi connectivity index (χ4v) is 0.717. The quantitative estimate of drug-likeness (QED) is 0.497. The van der Waals surface area contributed by atoms with Gasteiger partial charge in [0, 0.05) is 12.5 Å². The Kier molecular flexibility index (Phi) is 5.03. The maximum absolute atomic E-state index is 10.3. The van der Waals surface area contributed by atoms with Crippen LogP contribution in [-0.4, -0.2) is 29.6 Å². The Balaban J connectivity index is 3.39. The van der Waals surface area contributed by atoms with E-state index in [-0.39, 0.29) is 19.0 Å². The summed E-state index contributed by atoms with van der Waals surface area (Å²) >= 11 is 0. The zero-order chi connectivity index (χ0) is 9.56. The second-order valence-corrected chi connectivity index (χ2v) is 2.68. The van der Waals surface area contributed by atoms with Gasteiger partial charge in [-0.05, 0) is 13.3 Å². The van der Waals surface area contributed by atoms with E-state index in [4.69, 9.17) is 10.8 Å². The molecule has 0 aliphatic heterocycles. The molecule has 1 atom stereocenters. The maximum atomic E-state index is 10.3. The Morgan fingerprint density at radius 3 is 2.58 bits per heavy atom. The molecular weight excluding hydrogens is 160 g/mol. The molecule has 0 saturated carbocycles. The van der Waals surface area contributed by atoms with E-state index in [0.29, 0.717) is 6.42 Å². The van der Waals surface area contributed by atoms with Gasteiger partial charge in [0.05, 0.1) is 6.54 Å². The number of hydrogen-bond donors (Lipinski definition) is 3. The minimum absolute atomic E-state index is 0.00796. The molecule has 4 N–H and O–H groups in total. The Hall–Kier alpha value is -1.10. The van der Waals surface area contributed by atoms with Crippen molar-refractivity contribution in [3.63, 3.8) is 0 Å². The molecule has 0 aromatic heterocycles. The second-order valence-electron chi connectivity index (χ2n) is 2.68. The number of carboxylic acid groups (broad SMARTS) is 1. The fourth-order valence-electron chi connectivity index (χ4n) is 0.717. The Labute approximate surface area is 70.9 Å². The first kappa shape index (κ1) is 10.9. The lowest BCUT2D eigenvalue weighted by atomic mass is 10.2. The average molecular weight is 174 g/mol. The van der Waals surface area contributed by atoms with Crippen LogP contribution >= 0.6 is 0 Å². The molecule has 1 amide bonds. The van der Waals surface area contributed by atoms with Gasteiger partial charge in [0.2, 0.25) is 5.91 Å². The monoisotopic (exact) mass is 174 g/mol. The molecule has 12 heavy (non-hydrogen) atoms. The summed E-state index contributed by atoms with van der Waals surface area (Å²) in [5.74, 6) is -1.26. The van der Waals surface area contributed by atoms with Gasteiger partial charge >= 0.3 is 5.97 Å². The van der Waals surface area contributed by atoms with Gasteiger partial charge in [0.15, 0.2) is 0 Å². The van der Waals surface area contributed by atoms with Gasteiger partial charge in [-0.25, -0.2) is 0 Å². The van der Waals surface area contributed by atoms with Crippen molar-refractivity contribution in [1.82, 2.24) is 5.32 Å². The van der Waals surface area contributed by atoms with Crippen LogP contribution in [0.4, 0.5) is 0 Å². The fraction of sp³-hybridized carbons (Fsp3) is 0.714. The Morgan fingerprint density at radius 1 is 1.58 bits per heavy atom. The molecule has 0 radical (unpaired) electrons. The SMILES string of the molecule is CC(CCC(=O)O)NCC(N)=O. The van der Waals surface area contributed by atoms with Crippen molar-refractivity contribution in [2.45, 2.75) is 25.8 Å². The van der Waals surface area contributed by atoms with E-state index in [0.717, 1.165) is 0 Å². The Bertz CT molecular complexity index is 152. The largest absolute Gasteiger partial charge is 0.481 e. The van der Waals surface area contributed by atoms with Crippen LogP contribution in [0.3, 0.4) is 0 Å². The minimum Gasteiger partial charge on any atom is -0.481 e. The second kappa shape index (κ2) is 5.54. The number of carboxylic acids is 1. The normalized spacial score (nSPS) is 12.4. The van der Waals surface area contributed by atoms with Gasteiger partial charge in [0.25, 0.3) is 0 Å². The van der Waals surface area contributed by atoms with Crippen molar-refractivity contribution in [1.29, 1.82) is 0 Å². The van der Waals surface area contributed by atoms with Crippen LogP contribution in [0, 0.1) is 0 Å². The molecule has 0 bridgehead atoms. The third kappa shape index (κ3) is 7.01. The van der Waals surface area contributed by atoms with E-state index < -0.39 is 11.9 Å². The first-order valence-electron chi connectivity index (χ1n) is 3.76. The number of hydrogen-bond acceptors (Lipinski definition) is 3. The average Bonchev–Trinajstić information content (AvgIpc) is 1.96. The van der Waals surface area contributed by atoms with Gasteiger partial charge in [-0.1, -0.05) is 0 Å². The summed E-state index contributed by atoms with van der Waals surface area (Å²) in [6.45, 7) is 1.91. The predicted octanol–water partition coefficient (Wildman–Crippen LogP) is -0.685. The lowest BCUT2D eigenvalue weighted by Gasteiger charge is -2.09. The molecule has 1 unspecified atom stereocenters. The third-order valence-corrected chi connectivity index (χ3v) is 1.42. The zero-order valence-electron chi connectivity index (χ0n) is 7.04. The lowest BCUT2D eigenvalue weighted by molar-refractivity contribution is -0.137. The molecule has 0 saturated heterocycles. The van der Waals surface area contributed by atoms with Gasteiger partial charge in [-0.3, -0.25) is 9.59 Å². The van der Waals surface area contributed by atoms with E-state index in [1.165, 1.54) is 0 Å². The molecule has 0 spiro atoms. The van der Waals surface area contributed by atoms with E-state index in [9.17, 15) is 9.59 Å². The van der Waals surface area contributed by atoms with Crippen molar-refractivity contribution < 1.29 is 14.7 Å². The van der Waals surface area contributed by atoms with E-state index in [1.807, 2.05) is 6.92 Å². The molecule has 0 heterocycles. The minimum atomic E-state index is -0.831. The van der Waals surface area contributed by atoms with E-state index in [2.05, 4.69) is 5.32 Å². The van der Waals surface area contributed by atoms with Crippen molar-refractivity contribution in [2.24, 2.45) is 5.73 Å². The Morgan fingerprint density at radius 2 is 2.17 bits per heavy atom. The molecule has 0 aliphatic carbocycles. The molecule has 5 heteroatoms. The highest BCUT2D eigenvalue weighted by Crippen LogP contribution is 1.94. The summed E-state index contributed by atoms with van der Waals surface area (Å²) in [6.07, 6.45) is 0.607. The van der Waals surface area contributed by atoms with Crippen molar-refractivity contribution in [3.05, 3.63) is 0 Å².